The van der Waals surface area contributed by atoms with Crippen molar-refractivity contribution >= 4 is 8.25 Å². The quantitative estimate of drug-likeness (QED) is 0.457. The maximum atomic E-state index is 9.78. The van der Waals surface area contributed by atoms with E-state index in [4.69, 9.17) is 21.1 Å². The van der Waals surface area contributed by atoms with E-state index >= 15 is 0 Å². The lowest BCUT2D eigenvalue weighted by Gasteiger charge is -2.06. The number of ether oxygens (including phenoxy) is 1. The monoisotopic (exact) mass is 213 g/mol. The van der Waals surface area contributed by atoms with E-state index in [1.807, 2.05) is 13.8 Å². The number of rotatable bonds is 4. The molecule has 0 rings (SSSR count). The molecule has 0 fully saturated rings. The Balaban J connectivity index is 0. The fraction of sp³-hybridized carbons (Fsp3) is 1.00. The van der Waals surface area contributed by atoms with Gasteiger partial charge in [0.1, 0.15) is 0 Å². The predicted octanol–water partition coefficient (Wildman–Crippen LogP) is 0.287. The third kappa shape index (κ3) is 24.5. The first-order valence-corrected chi connectivity index (χ1v) is 4.97. The van der Waals surface area contributed by atoms with E-state index < -0.39 is 14.1 Å². The highest BCUT2D eigenvalue weighted by atomic mass is 31.1. The summed E-state index contributed by atoms with van der Waals surface area (Å²) in [7, 11) is -2.69. The third-order valence-electron chi connectivity index (χ3n) is 0.683. The molecular weight excluding hydrogens is 195 g/mol. The second kappa shape index (κ2) is 8.50. The number of nitrogens with two attached hydrogens (primary N) is 2. The summed E-state index contributed by atoms with van der Waals surface area (Å²) in [5.41, 5.74) is 9.90. The van der Waals surface area contributed by atoms with Gasteiger partial charge in [-0.15, -0.1) is 4.89 Å². The van der Waals surface area contributed by atoms with Crippen LogP contribution in [0.2, 0.25) is 0 Å². The van der Waals surface area contributed by atoms with Crippen LogP contribution in [0.1, 0.15) is 20.8 Å². The predicted molar refractivity (Wildman–Crippen MR) is 49.9 cm³/mol. The molecule has 0 amide bonds. The first-order valence-electron chi connectivity index (χ1n) is 3.84. The molecule has 1 unspecified atom stereocenters. The van der Waals surface area contributed by atoms with E-state index in [-0.39, 0.29) is 0 Å². The Morgan fingerprint density at radius 2 is 1.77 bits per heavy atom. The third-order valence-corrected chi connectivity index (χ3v) is 1.23. The lowest BCUT2D eigenvalue weighted by atomic mass is 10.6. The molecule has 0 heterocycles. The van der Waals surface area contributed by atoms with Gasteiger partial charge in [0.15, 0.2) is 0 Å². The van der Waals surface area contributed by atoms with Crippen LogP contribution in [0.5, 0.6) is 0 Å². The Morgan fingerprint density at radius 1 is 1.38 bits per heavy atom. The van der Waals surface area contributed by atoms with Crippen LogP contribution in [0.4, 0.5) is 0 Å². The van der Waals surface area contributed by atoms with Crippen molar-refractivity contribution in [1.82, 2.24) is 0 Å². The van der Waals surface area contributed by atoms with Crippen molar-refractivity contribution in [3.8, 4) is 0 Å². The normalized spacial score (nSPS) is 11.7. The van der Waals surface area contributed by atoms with E-state index in [0.717, 1.165) is 13.2 Å². The molecule has 5 N–H and O–H groups in total. The highest BCUT2D eigenvalue weighted by Crippen LogP contribution is 2.18. The minimum absolute atomic E-state index is 0.844. The van der Waals surface area contributed by atoms with Gasteiger partial charge in [-0.25, -0.2) is 0 Å². The van der Waals surface area contributed by atoms with E-state index in [1.54, 1.807) is 0 Å². The lowest BCUT2D eigenvalue weighted by Crippen LogP contribution is -2.46. The molecule has 0 radical (unpaired) electrons. The van der Waals surface area contributed by atoms with Gasteiger partial charge in [-0.2, -0.15) is 0 Å². The van der Waals surface area contributed by atoms with Crippen molar-refractivity contribution in [3.05, 3.63) is 0 Å². The van der Waals surface area contributed by atoms with Gasteiger partial charge < -0.3 is 4.74 Å². The Kier molecular flexibility index (Phi) is 10.0. The van der Waals surface area contributed by atoms with Crippen LogP contribution in [0, 0.1) is 0 Å². The summed E-state index contributed by atoms with van der Waals surface area (Å²) in [5.74, 6) is -1.51. The lowest BCUT2D eigenvalue weighted by molar-refractivity contribution is 0.0981. The summed E-state index contributed by atoms with van der Waals surface area (Å²) < 4.78 is 18.7. The van der Waals surface area contributed by atoms with Crippen LogP contribution in [0.25, 0.3) is 0 Å². The average Bonchev–Trinajstić information content (AvgIpc) is 1.84. The van der Waals surface area contributed by atoms with Crippen molar-refractivity contribution in [2.24, 2.45) is 11.5 Å². The zero-order valence-electron chi connectivity index (χ0n) is 8.19. The summed E-state index contributed by atoms with van der Waals surface area (Å²) in [6.07, 6.45) is 0. The molecule has 0 aliphatic rings. The zero-order chi connectivity index (χ0) is 10.9. The van der Waals surface area contributed by atoms with Gasteiger partial charge in [0, 0.05) is 17.8 Å². The zero-order valence-corrected chi connectivity index (χ0v) is 9.08. The smallest absolute Gasteiger partial charge is 0.382 e. The van der Waals surface area contributed by atoms with E-state index in [1.165, 1.54) is 6.92 Å². The van der Waals surface area contributed by atoms with Crippen molar-refractivity contribution < 1.29 is 18.7 Å². The molecular formula is C6H18N2O4P+. The van der Waals surface area contributed by atoms with Crippen LogP contribution in [0.3, 0.4) is 0 Å². The van der Waals surface area contributed by atoms with Gasteiger partial charge in [-0.3, -0.25) is 11.5 Å². The molecule has 1 atom stereocenters. The SMILES string of the molecule is CC(N)(N)O[P+](=O)O.CCOCC. The van der Waals surface area contributed by atoms with Gasteiger partial charge in [-0.1, -0.05) is 4.52 Å². The Hall–Kier alpha value is -0.100. The molecule has 0 spiro atoms. The fourth-order valence-electron chi connectivity index (χ4n) is 0.372. The van der Waals surface area contributed by atoms with Gasteiger partial charge in [0.2, 0.25) is 5.85 Å². The molecule has 0 aliphatic heterocycles. The second-order valence-corrected chi connectivity index (χ2v) is 2.95. The molecule has 7 heteroatoms. The van der Waals surface area contributed by atoms with Crippen molar-refractivity contribution in [2.75, 3.05) is 13.2 Å². The molecule has 0 aliphatic carbocycles. The van der Waals surface area contributed by atoms with Gasteiger partial charge in [-0.05, 0) is 20.8 Å². The van der Waals surface area contributed by atoms with Crippen molar-refractivity contribution in [1.29, 1.82) is 0 Å². The Bertz CT molecular complexity index is 135. The van der Waals surface area contributed by atoms with Gasteiger partial charge in [0.05, 0.1) is 0 Å². The summed E-state index contributed by atoms with van der Waals surface area (Å²) in [4.78, 5) is 8.02. The Labute approximate surface area is 79.1 Å². The van der Waals surface area contributed by atoms with Gasteiger partial charge >= 0.3 is 8.25 Å². The van der Waals surface area contributed by atoms with Crippen molar-refractivity contribution in [2.45, 2.75) is 26.6 Å². The molecule has 0 aromatic rings. The first kappa shape index (κ1) is 15.4. The van der Waals surface area contributed by atoms with Crippen LogP contribution in [-0.2, 0) is 13.8 Å². The minimum Gasteiger partial charge on any atom is -0.382 e. The van der Waals surface area contributed by atoms with Crippen LogP contribution in [0.15, 0.2) is 0 Å². The second-order valence-electron chi connectivity index (χ2n) is 2.29. The van der Waals surface area contributed by atoms with Crippen molar-refractivity contribution in [3.63, 3.8) is 0 Å². The maximum absolute atomic E-state index is 9.78. The molecule has 13 heavy (non-hydrogen) atoms. The molecule has 0 saturated carbocycles. The molecule has 0 saturated heterocycles. The molecule has 0 aromatic carbocycles. The van der Waals surface area contributed by atoms with E-state index in [0.29, 0.717) is 0 Å². The van der Waals surface area contributed by atoms with Crippen LogP contribution < -0.4 is 11.5 Å². The molecule has 0 aromatic heterocycles. The largest absolute Gasteiger partial charge is 0.698 e. The number of hydrogen-bond donors (Lipinski definition) is 3. The summed E-state index contributed by atoms with van der Waals surface area (Å²) in [6.45, 7) is 6.94. The standard InChI is InChI=1S/C4H10O.C2H7N2O3P/c1-3-5-4-2;1-2(3,4)7-8(5)6/h3-4H2,1-2H3;3-4H2,1H3/p+1. The molecule has 0 bridgehead atoms. The maximum Gasteiger partial charge on any atom is 0.698 e. The Morgan fingerprint density at radius 3 is 1.77 bits per heavy atom. The van der Waals surface area contributed by atoms with E-state index in [2.05, 4.69) is 4.52 Å². The van der Waals surface area contributed by atoms with Gasteiger partial charge in [0.25, 0.3) is 0 Å². The minimum atomic E-state index is -2.69. The highest BCUT2D eigenvalue weighted by molar-refractivity contribution is 7.32. The first-order chi connectivity index (χ1) is 5.83. The molecule has 80 valence electrons. The summed E-state index contributed by atoms with van der Waals surface area (Å²) in [5, 5.41) is 0. The summed E-state index contributed by atoms with van der Waals surface area (Å²) in [6, 6.07) is 0. The van der Waals surface area contributed by atoms with Crippen LogP contribution in [-0.4, -0.2) is 24.0 Å². The topological polar surface area (TPSA) is 108 Å². The number of hydrogen-bond acceptors (Lipinski definition) is 5. The average molecular weight is 213 g/mol. The highest BCUT2D eigenvalue weighted by Gasteiger charge is 2.26. The fourth-order valence-corrected chi connectivity index (χ4v) is 0.709. The molecule has 6 nitrogen and oxygen atoms in total. The van der Waals surface area contributed by atoms with Crippen LogP contribution >= 0.6 is 8.25 Å². The van der Waals surface area contributed by atoms with E-state index in [9.17, 15) is 4.57 Å². The summed E-state index contributed by atoms with van der Waals surface area (Å²) >= 11 is 0.